The molecule has 0 saturated heterocycles. The molecule has 2 aromatic carbocycles. The predicted molar refractivity (Wildman–Crippen MR) is 137 cm³/mol. The molecule has 192 valence electrons. The molecule has 1 amide bonds. The smallest absolute Gasteiger partial charge is 0.416 e. The molecule has 10 heteroatoms. The van der Waals surface area contributed by atoms with Crippen molar-refractivity contribution in [2.75, 3.05) is 12.0 Å². The normalized spacial score (nSPS) is 15.2. The Bertz CT molecular complexity index is 1500. The fraction of sp³-hybridized carbons (Fsp3) is 0.185. The van der Waals surface area contributed by atoms with Crippen LogP contribution in [0.4, 0.5) is 18.9 Å². The van der Waals surface area contributed by atoms with E-state index < -0.39 is 23.6 Å². The number of alkyl halides is 3. The van der Waals surface area contributed by atoms with Crippen molar-refractivity contribution >= 4 is 46.8 Å². The summed E-state index contributed by atoms with van der Waals surface area (Å²) in [7, 11) is 1.17. The molecular weight excluding hydrogens is 528 g/mol. The number of esters is 1. The number of allylic oxidation sites excluding steroid dienone is 1. The van der Waals surface area contributed by atoms with Gasteiger partial charge in [-0.15, -0.1) is 0 Å². The molecule has 2 heterocycles. The van der Waals surface area contributed by atoms with Crippen LogP contribution >= 0.6 is 23.2 Å². The summed E-state index contributed by atoms with van der Waals surface area (Å²) < 4.78 is 46.8. The number of aromatic nitrogens is 1. The topological polar surface area (TPSA) is 51.5 Å². The Balaban J connectivity index is 1.87. The van der Waals surface area contributed by atoms with Gasteiger partial charge >= 0.3 is 12.1 Å². The molecule has 0 unspecified atom stereocenters. The van der Waals surface area contributed by atoms with Crippen LogP contribution in [0.1, 0.15) is 29.4 Å². The van der Waals surface area contributed by atoms with E-state index in [4.69, 9.17) is 27.9 Å². The molecule has 37 heavy (non-hydrogen) atoms. The minimum Gasteiger partial charge on any atom is -0.465 e. The Morgan fingerprint density at radius 3 is 2.38 bits per heavy atom. The summed E-state index contributed by atoms with van der Waals surface area (Å²) in [6, 6.07) is 11.2. The Morgan fingerprint density at radius 2 is 1.73 bits per heavy atom. The summed E-state index contributed by atoms with van der Waals surface area (Å²) >= 11 is 12.6. The zero-order chi connectivity index (χ0) is 27.2. The minimum atomic E-state index is -4.60. The summed E-state index contributed by atoms with van der Waals surface area (Å²) in [6.07, 6.45) is -3.07. The Kier molecular flexibility index (Phi) is 7.01. The van der Waals surface area contributed by atoms with Crippen LogP contribution in [0.25, 0.3) is 11.8 Å². The van der Waals surface area contributed by atoms with Gasteiger partial charge in [0.25, 0.3) is 5.91 Å². The van der Waals surface area contributed by atoms with Crippen molar-refractivity contribution < 1.29 is 27.5 Å². The number of carbonyl (C=O) groups is 2. The number of amides is 1. The van der Waals surface area contributed by atoms with Gasteiger partial charge in [0.15, 0.2) is 0 Å². The van der Waals surface area contributed by atoms with E-state index in [1.165, 1.54) is 32.2 Å². The maximum atomic E-state index is 13.6. The molecule has 1 aliphatic heterocycles. The van der Waals surface area contributed by atoms with Crippen molar-refractivity contribution in [2.45, 2.75) is 26.9 Å². The highest BCUT2D eigenvalue weighted by molar-refractivity contribution is 6.34. The molecule has 0 aliphatic carbocycles. The number of aryl methyl sites for hydroxylation is 1. The molecule has 0 fully saturated rings. The third-order valence-corrected chi connectivity index (χ3v) is 6.70. The number of anilines is 1. The lowest BCUT2D eigenvalue weighted by Crippen LogP contribution is -2.25. The first-order valence-corrected chi connectivity index (χ1v) is 11.8. The maximum absolute atomic E-state index is 13.6. The number of benzene rings is 2. The first-order valence-electron chi connectivity index (χ1n) is 11.0. The van der Waals surface area contributed by atoms with Crippen LogP contribution in [0.5, 0.6) is 0 Å². The summed E-state index contributed by atoms with van der Waals surface area (Å²) in [5.41, 5.74) is 1.94. The number of rotatable bonds is 4. The minimum absolute atomic E-state index is 0.000738. The Morgan fingerprint density at radius 1 is 1.03 bits per heavy atom. The quantitative estimate of drug-likeness (QED) is 0.254. The van der Waals surface area contributed by atoms with Gasteiger partial charge < -0.3 is 9.30 Å². The van der Waals surface area contributed by atoms with Crippen LogP contribution in [-0.4, -0.2) is 23.6 Å². The molecule has 0 spiro atoms. The SMILES string of the molecule is COC(=O)C1=C(C)N(c2cccc(C(F)(F)F)c2)C(=O)/C1=C\c1cc(C)n(-c2cc(Cl)ccc2Cl)c1C. The van der Waals surface area contributed by atoms with Gasteiger partial charge in [-0.25, -0.2) is 4.79 Å². The molecular formula is C27H21Cl2F3N2O3. The van der Waals surface area contributed by atoms with Gasteiger partial charge in [-0.1, -0.05) is 29.3 Å². The van der Waals surface area contributed by atoms with Gasteiger partial charge in [0.2, 0.25) is 0 Å². The van der Waals surface area contributed by atoms with Crippen LogP contribution in [0.15, 0.2) is 65.4 Å². The van der Waals surface area contributed by atoms with Gasteiger partial charge in [-0.2, -0.15) is 13.2 Å². The summed E-state index contributed by atoms with van der Waals surface area (Å²) in [6.45, 7) is 5.15. The highest BCUT2D eigenvalue weighted by Gasteiger charge is 2.39. The van der Waals surface area contributed by atoms with Gasteiger partial charge in [-0.3, -0.25) is 9.69 Å². The molecule has 4 rings (SSSR count). The summed E-state index contributed by atoms with van der Waals surface area (Å²) in [4.78, 5) is 27.4. The fourth-order valence-corrected chi connectivity index (χ4v) is 4.80. The van der Waals surface area contributed by atoms with Gasteiger partial charge in [-0.05, 0) is 74.9 Å². The van der Waals surface area contributed by atoms with Crippen LogP contribution < -0.4 is 4.90 Å². The second kappa shape index (κ2) is 9.76. The van der Waals surface area contributed by atoms with Crippen molar-refractivity contribution in [1.29, 1.82) is 0 Å². The molecule has 0 radical (unpaired) electrons. The summed E-state index contributed by atoms with van der Waals surface area (Å²) in [5.74, 6) is -1.43. The lowest BCUT2D eigenvalue weighted by Gasteiger charge is -2.19. The third-order valence-electron chi connectivity index (χ3n) is 6.14. The largest absolute Gasteiger partial charge is 0.465 e. The molecule has 5 nitrogen and oxygen atoms in total. The van der Waals surface area contributed by atoms with Crippen LogP contribution in [0.2, 0.25) is 10.0 Å². The second-order valence-electron chi connectivity index (χ2n) is 8.46. The number of halogens is 5. The lowest BCUT2D eigenvalue weighted by molar-refractivity contribution is -0.137. The van der Waals surface area contributed by atoms with E-state index in [9.17, 15) is 22.8 Å². The third kappa shape index (κ3) is 4.79. The Labute approximate surface area is 221 Å². The van der Waals surface area contributed by atoms with Crippen LogP contribution in [0, 0.1) is 13.8 Å². The summed E-state index contributed by atoms with van der Waals surface area (Å²) in [5, 5.41) is 0.949. The number of hydrogen-bond acceptors (Lipinski definition) is 3. The molecule has 3 aromatic rings. The zero-order valence-corrected chi connectivity index (χ0v) is 21.7. The van der Waals surface area contributed by atoms with E-state index in [2.05, 4.69) is 0 Å². The molecule has 1 aliphatic rings. The van der Waals surface area contributed by atoms with Gasteiger partial charge in [0.1, 0.15) is 0 Å². The van der Waals surface area contributed by atoms with Gasteiger partial charge in [0, 0.05) is 27.8 Å². The van der Waals surface area contributed by atoms with Crippen molar-refractivity contribution in [3.8, 4) is 5.69 Å². The van der Waals surface area contributed by atoms with Crippen LogP contribution in [0.3, 0.4) is 0 Å². The van der Waals surface area contributed by atoms with Crippen molar-refractivity contribution in [2.24, 2.45) is 0 Å². The molecule has 1 aromatic heterocycles. The highest BCUT2D eigenvalue weighted by atomic mass is 35.5. The molecule has 0 atom stereocenters. The standard InChI is InChI=1S/C27H21Cl2F3N2O3/c1-14-10-17(15(2)33(14)23-13-19(28)8-9-22(23)29)11-21-24(26(36)37-4)16(3)34(25(21)35)20-7-5-6-18(12-20)27(30,31)32/h5-13H,1-4H3/b21-11-. The molecule has 0 bridgehead atoms. The monoisotopic (exact) mass is 548 g/mol. The van der Waals surface area contributed by atoms with Crippen molar-refractivity contribution in [3.63, 3.8) is 0 Å². The average Bonchev–Trinajstić information content (AvgIpc) is 3.25. The van der Waals surface area contributed by atoms with E-state index in [1.807, 2.05) is 24.5 Å². The number of carbonyl (C=O) groups excluding carboxylic acids is 2. The van der Waals surface area contributed by atoms with E-state index in [-0.39, 0.29) is 22.5 Å². The maximum Gasteiger partial charge on any atom is 0.416 e. The van der Waals surface area contributed by atoms with Crippen molar-refractivity contribution in [1.82, 2.24) is 4.57 Å². The average molecular weight is 549 g/mol. The highest BCUT2D eigenvalue weighted by Crippen LogP contribution is 2.39. The first-order chi connectivity index (χ1) is 17.3. The fourth-order valence-electron chi connectivity index (χ4n) is 4.43. The molecule has 0 N–H and O–H groups in total. The van der Waals surface area contributed by atoms with E-state index >= 15 is 0 Å². The lowest BCUT2D eigenvalue weighted by atomic mass is 10.0. The number of nitrogens with zero attached hydrogens (tertiary/aromatic N) is 2. The second-order valence-corrected chi connectivity index (χ2v) is 9.30. The molecule has 0 saturated carbocycles. The van der Waals surface area contributed by atoms with Gasteiger partial charge in [0.05, 0.1) is 34.5 Å². The Hall–Kier alpha value is -3.49. The number of methoxy groups -OCH3 is 1. The number of ether oxygens (including phenoxy) is 1. The first kappa shape index (κ1) is 26.6. The zero-order valence-electron chi connectivity index (χ0n) is 20.2. The van der Waals surface area contributed by atoms with E-state index in [1.54, 1.807) is 18.2 Å². The number of hydrogen-bond donors (Lipinski definition) is 0. The van der Waals surface area contributed by atoms with Crippen LogP contribution in [-0.2, 0) is 20.5 Å². The van der Waals surface area contributed by atoms with Crippen molar-refractivity contribution in [3.05, 3.63) is 97.9 Å². The van der Waals surface area contributed by atoms with E-state index in [0.29, 0.717) is 27.0 Å². The predicted octanol–water partition coefficient (Wildman–Crippen LogP) is 7.30. The van der Waals surface area contributed by atoms with E-state index in [0.717, 1.165) is 22.7 Å².